The van der Waals surface area contributed by atoms with Gasteiger partial charge < -0.3 is 10.2 Å². The predicted molar refractivity (Wildman–Crippen MR) is 85.3 cm³/mol. The number of piperidine rings is 1. The summed E-state index contributed by atoms with van der Waals surface area (Å²) in [6, 6.07) is 5.20. The van der Waals surface area contributed by atoms with Gasteiger partial charge in [0.2, 0.25) is 5.91 Å². The zero-order valence-corrected chi connectivity index (χ0v) is 13.8. The van der Waals surface area contributed by atoms with Crippen LogP contribution in [0.5, 0.6) is 0 Å². The van der Waals surface area contributed by atoms with Gasteiger partial charge in [-0.1, -0.05) is 25.1 Å². The maximum atomic E-state index is 13.4. The number of amides is 1. The van der Waals surface area contributed by atoms with Crippen LogP contribution in [0, 0.1) is 11.8 Å². The molecule has 1 N–H and O–H groups in total. The zero-order chi connectivity index (χ0) is 17.3. The van der Waals surface area contributed by atoms with E-state index in [1.807, 2.05) is 6.92 Å². The molecule has 6 heteroatoms. The molecule has 132 valence electrons. The number of benzene rings is 1. The van der Waals surface area contributed by atoms with E-state index in [1.165, 1.54) is 12.1 Å². The first-order valence-electron chi connectivity index (χ1n) is 8.57. The van der Waals surface area contributed by atoms with Crippen molar-refractivity contribution in [1.29, 1.82) is 0 Å². The molecule has 2 unspecified atom stereocenters. The Morgan fingerprint density at radius 1 is 1.25 bits per heavy atom. The predicted octanol–water partition coefficient (Wildman–Crippen LogP) is 3.61. The van der Waals surface area contributed by atoms with Crippen molar-refractivity contribution in [3.8, 4) is 0 Å². The summed E-state index contributed by atoms with van der Waals surface area (Å²) in [6.07, 6.45) is -2.10. The number of alkyl halides is 3. The molecule has 0 radical (unpaired) electrons. The number of nitrogens with zero attached hydrogens (tertiary/aromatic N) is 1. The molecule has 2 saturated heterocycles. The fourth-order valence-corrected chi connectivity index (χ4v) is 3.69. The summed E-state index contributed by atoms with van der Waals surface area (Å²) in [7, 11) is 0. The minimum absolute atomic E-state index is 0.0109. The Morgan fingerprint density at radius 2 is 1.96 bits per heavy atom. The molecular weight excluding hydrogens is 317 g/mol. The summed E-state index contributed by atoms with van der Waals surface area (Å²) in [5, 5.41) is 3.15. The van der Waals surface area contributed by atoms with E-state index in [1.54, 1.807) is 11.0 Å². The number of carbonyl (C=O) groups excluding carboxylic acids is 1. The lowest BCUT2D eigenvalue weighted by Crippen LogP contribution is -2.51. The van der Waals surface area contributed by atoms with Gasteiger partial charge in [-0.25, -0.2) is 0 Å². The van der Waals surface area contributed by atoms with Crippen LogP contribution >= 0.6 is 0 Å². The number of hydrogen-bond donors (Lipinski definition) is 1. The molecule has 0 spiro atoms. The molecule has 0 bridgehead atoms. The van der Waals surface area contributed by atoms with E-state index in [0.29, 0.717) is 13.0 Å². The van der Waals surface area contributed by atoms with Crippen molar-refractivity contribution in [2.75, 3.05) is 19.6 Å². The SMILES string of the molecule is CC(C(=O)N1CCCCC1c1ccccc1C(F)(F)F)C1CNC1. The van der Waals surface area contributed by atoms with Crippen LogP contribution in [0.2, 0.25) is 0 Å². The van der Waals surface area contributed by atoms with Gasteiger partial charge in [0.05, 0.1) is 11.6 Å². The molecule has 2 heterocycles. The Balaban J connectivity index is 1.89. The second-order valence-electron chi connectivity index (χ2n) is 6.84. The smallest absolute Gasteiger partial charge is 0.335 e. The van der Waals surface area contributed by atoms with Crippen LogP contribution in [-0.4, -0.2) is 30.4 Å². The molecule has 3 nitrogen and oxygen atoms in total. The molecule has 2 aliphatic heterocycles. The highest BCUT2D eigenvalue weighted by Crippen LogP contribution is 2.40. The van der Waals surface area contributed by atoms with Crippen molar-refractivity contribution < 1.29 is 18.0 Å². The van der Waals surface area contributed by atoms with Crippen LogP contribution in [-0.2, 0) is 11.0 Å². The largest absolute Gasteiger partial charge is 0.416 e. The van der Waals surface area contributed by atoms with Crippen LogP contribution in [0.4, 0.5) is 13.2 Å². The molecule has 2 aliphatic rings. The van der Waals surface area contributed by atoms with Crippen molar-refractivity contribution in [1.82, 2.24) is 10.2 Å². The quantitative estimate of drug-likeness (QED) is 0.912. The molecule has 1 amide bonds. The van der Waals surface area contributed by atoms with E-state index >= 15 is 0 Å². The fraction of sp³-hybridized carbons (Fsp3) is 0.611. The summed E-state index contributed by atoms with van der Waals surface area (Å²) in [6.45, 7) is 4.06. The Kier molecular flexibility index (Phi) is 4.85. The number of halogens is 3. The fourth-order valence-electron chi connectivity index (χ4n) is 3.69. The van der Waals surface area contributed by atoms with Gasteiger partial charge in [0.15, 0.2) is 0 Å². The van der Waals surface area contributed by atoms with Gasteiger partial charge in [0.1, 0.15) is 0 Å². The summed E-state index contributed by atoms with van der Waals surface area (Å²) < 4.78 is 40.1. The third-order valence-electron chi connectivity index (χ3n) is 5.32. The highest BCUT2D eigenvalue weighted by molar-refractivity contribution is 5.79. The monoisotopic (exact) mass is 340 g/mol. The first kappa shape index (κ1) is 17.3. The lowest BCUT2D eigenvalue weighted by Gasteiger charge is -2.41. The van der Waals surface area contributed by atoms with Crippen molar-refractivity contribution in [2.24, 2.45) is 11.8 Å². The van der Waals surface area contributed by atoms with E-state index in [-0.39, 0.29) is 23.3 Å². The minimum atomic E-state index is -4.40. The first-order chi connectivity index (χ1) is 11.4. The van der Waals surface area contributed by atoms with E-state index in [2.05, 4.69) is 5.32 Å². The second-order valence-corrected chi connectivity index (χ2v) is 6.84. The molecule has 2 atom stereocenters. The van der Waals surface area contributed by atoms with E-state index in [0.717, 1.165) is 32.0 Å². The van der Waals surface area contributed by atoms with Crippen LogP contribution in [0.15, 0.2) is 24.3 Å². The zero-order valence-electron chi connectivity index (χ0n) is 13.8. The van der Waals surface area contributed by atoms with Crippen molar-refractivity contribution in [3.05, 3.63) is 35.4 Å². The summed E-state index contributed by atoms with van der Waals surface area (Å²) in [5.74, 6) is 0.131. The third kappa shape index (κ3) is 3.29. The van der Waals surface area contributed by atoms with E-state index < -0.39 is 17.8 Å². The lowest BCUT2D eigenvalue weighted by atomic mass is 9.85. The van der Waals surface area contributed by atoms with Crippen LogP contribution in [0.3, 0.4) is 0 Å². The Bertz CT molecular complexity index is 598. The van der Waals surface area contributed by atoms with Crippen LogP contribution < -0.4 is 5.32 Å². The standard InChI is InChI=1S/C18H23F3N2O/c1-12(13-10-22-11-13)17(24)23-9-5-4-8-16(23)14-6-2-3-7-15(14)18(19,20)21/h2-3,6-7,12-13,16,22H,4-5,8-11H2,1H3. The van der Waals surface area contributed by atoms with E-state index in [9.17, 15) is 18.0 Å². The number of hydrogen-bond acceptors (Lipinski definition) is 2. The van der Waals surface area contributed by atoms with Gasteiger partial charge in [0, 0.05) is 12.5 Å². The third-order valence-corrected chi connectivity index (χ3v) is 5.32. The summed E-state index contributed by atoms with van der Waals surface area (Å²) >= 11 is 0. The number of carbonyl (C=O) groups is 1. The molecular formula is C18H23F3N2O. The Hall–Kier alpha value is -1.56. The molecule has 0 aliphatic carbocycles. The molecule has 24 heavy (non-hydrogen) atoms. The van der Waals surface area contributed by atoms with Gasteiger partial charge in [-0.3, -0.25) is 4.79 Å². The maximum Gasteiger partial charge on any atom is 0.416 e. The lowest BCUT2D eigenvalue weighted by molar-refractivity contribution is -0.145. The van der Waals surface area contributed by atoms with Gasteiger partial charge in [-0.2, -0.15) is 13.2 Å². The normalized spacial score (nSPS) is 23.7. The van der Waals surface area contributed by atoms with Gasteiger partial charge >= 0.3 is 6.18 Å². The van der Waals surface area contributed by atoms with Crippen LogP contribution in [0.1, 0.15) is 43.4 Å². The highest BCUT2D eigenvalue weighted by Gasteiger charge is 2.40. The highest BCUT2D eigenvalue weighted by atomic mass is 19.4. The molecule has 3 rings (SSSR count). The average molecular weight is 340 g/mol. The molecule has 2 fully saturated rings. The molecule has 0 aromatic heterocycles. The van der Waals surface area contributed by atoms with Gasteiger partial charge in [-0.15, -0.1) is 0 Å². The van der Waals surface area contributed by atoms with Crippen molar-refractivity contribution in [3.63, 3.8) is 0 Å². The number of nitrogens with one attached hydrogen (secondary N) is 1. The minimum Gasteiger partial charge on any atom is -0.335 e. The number of likely N-dealkylation sites (tertiary alicyclic amines) is 1. The van der Waals surface area contributed by atoms with Crippen molar-refractivity contribution in [2.45, 2.75) is 38.4 Å². The molecule has 0 saturated carbocycles. The van der Waals surface area contributed by atoms with Gasteiger partial charge in [-0.05, 0) is 49.9 Å². The second kappa shape index (κ2) is 6.75. The summed E-state index contributed by atoms with van der Waals surface area (Å²) in [4.78, 5) is 14.6. The topological polar surface area (TPSA) is 32.3 Å². The first-order valence-corrected chi connectivity index (χ1v) is 8.57. The Morgan fingerprint density at radius 3 is 2.58 bits per heavy atom. The Labute approximate surface area is 140 Å². The number of rotatable bonds is 3. The maximum absolute atomic E-state index is 13.4. The average Bonchev–Trinajstić information content (AvgIpc) is 2.51. The van der Waals surface area contributed by atoms with Crippen LogP contribution in [0.25, 0.3) is 0 Å². The van der Waals surface area contributed by atoms with Crippen molar-refractivity contribution >= 4 is 5.91 Å². The van der Waals surface area contributed by atoms with E-state index in [4.69, 9.17) is 0 Å². The molecule has 1 aromatic carbocycles. The molecule has 1 aromatic rings. The van der Waals surface area contributed by atoms with Gasteiger partial charge in [0.25, 0.3) is 0 Å². The summed E-state index contributed by atoms with van der Waals surface area (Å²) in [5.41, 5.74) is -0.385.